The molecule has 1 saturated carbocycles. The first kappa shape index (κ1) is 22.9. The van der Waals surface area contributed by atoms with Gasteiger partial charge in [-0.2, -0.15) is 0 Å². The zero-order valence-electron chi connectivity index (χ0n) is 17.7. The molecule has 1 fully saturated rings. The van der Waals surface area contributed by atoms with Crippen molar-refractivity contribution in [3.8, 4) is 0 Å². The molecule has 6 nitrogen and oxygen atoms in total. The summed E-state index contributed by atoms with van der Waals surface area (Å²) in [4.78, 5) is 35.4. The van der Waals surface area contributed by atoms with Gasteiger partial charge in [0, 0.05) is 31.8 Å². The van der Waals surface area contributed by atoms with E-state index in [0.717, 1.165) is 31.2 Å². The molecule has 0 aliphatic heterocycles. The highest BCUT2D eigenvalue weighted by atomic mass is 16.5. The van der Waals surface area contributed by atoms with Crippen molar-refractivity contribution in [2.45, 2.75) is 64.8 Å². The lowest BCUT2D eigenvalue weighted by atomic mass is 9.81. The molecule has 1 aliphatic rings. The molecular weight excluding hydrogens is 368 g/mol. The first-order chi connectivity index (χ1) is 14.0. The summed E-state index contributed by atoms with van der Waals surface area (Å²) in [6.07, 6.45) is 5.83. The Kier molecular flexibility index (Phi) is 9.68. The van der Waals surface area contributed by atoms with Crippen molar-refractivity contribution in [2.24, 2.45) is 11.8 Å². The number of rotatable bonds is 10. The Labute approximate surface area is 173 Å². The summed E-state index contributed by atoms with van der Waals surface area (Å²) in [5, 5.41) is 6.05. The minimum absolute atomic E-state index is 0.0351. The molecule has 0 bridgehead atoms. The number of hydrogen-bond acceptors (Lipinski definition) is 4. The van der Waals surface area contributed by atoms with Crippen LogP contribution in [-0.2, 0) is 25.7 Å². The van der Waals surface area contributed by atoms with Crippen LogP contribution in [0.2, 0.25) is 0 Å². The zero-order valence-corrected chi connectivity index (χ0v) is 17.7. The first-order valence-corrected chi connectivity index (χ1v) is 10.6. The maximum atomic E-state index is 12.4. The Hall–Kier alpha value is -2.37. The molecule has 2 rings (SSSR count). The Balaban J connectivity index is 1.58. The number of carbonyl (C=O) groups is 3. The van der Waals surface area contributed by atoms with E-state index in [0.29, 0.717) is 44.7 Å². The number of ether oxygens (including phenoxy) is 1. The van der Waals surface area contributed by atoms with Gasteiger partial charge in [-0.05, 0) is 56.9 Å². The van der Waals surface area contributed by atoms with Gasteiger partial charge in [0.1, 0.15) is 0 Å². The van der Waals surface area contributed by atoms with Crippen LogP contribution in [0.15, 0.2) is 24.3 Å². The van der Waals surface area contributed by atoms with Crippen LogP contribution in [0.5, 0.6) is 0 Å². The molecule has 2 N–H and O–H groups in total. The van der Waals surface area contributed by atoms with E-state index in [4.69, 9.17) is 0 Å². The lowest BCUT2D eigenvalue weighted by Gasteiger charge is -2.28. The van der Waals surface area contributed by atoms with Crippen molar-refractivity contribution in [2.75, 3.05) is 13.7 Å². The van der Waals surface area contributed by atoms with Crippen molar-refractivity contribution >= 4 is 17.8 Å². The van der Waals surface area contributed by atoms with Gasteiger partial charge >= 0.3 is 5.97 Å². The van der Waals surface area contributed by atoms with Gasteiger partial charge in [-0.15, -0.1) is 0 Å². The van der Waals surface area contributed by atoms with Gasteiger partial charge in [0.05, 0.1) is 7.11 Å². The van der Waals surface area contributed by atoms with Gasteiger partial charge in [0.15, 0.2) is 0 Å². The second kappa shape index (κ2) is 12.2. The van der Waals surface area contributed by atoms with E-state index in [9.17, 15) is 14.4 Å². The third-order valence-corrected chi connectivity index (χ3v) is 5.62. The maximum Gasteiger partial charge on any atom is 0.305 e. The number of amides is 2. The molecule has 0 spiro atoms. The summed E-state index contributed by atoms with van der Waals surface area (Å²) in [7, 11) is 1.37. The van der Waals surface area contributed by atoms with Crippen LogP contribution < -0.4 is 10.6 Å². The molecule has 6 heteroatoms. The van der Waals surface area contributed by atoms with Gasteiger partial charge in [0.2, 0.25) is 11.8 Å². The van der Waals surface area contributed by atoms with E-state index in [2.05, 4.69) is 21.4 Å². The summed E-state index contributed by atoms with van der Waals surface area (Å²) in [5.74, 6) is 0.456. The molecule has 0 heterocycles. The molecule has 29 heavy (non-hydrogen) atoms. The van der Waals surface area contributed by atoms with Gasteiger partial charge in [-0.25, -0.2) is 0 Å². The molecule has 0 saturated heterocycles. The number of aryl methyl sites for hydroxylation is 1. The summed E-state index contributed by atoms with van der Waals surface area (Å²) in [5.41, 5.74) is 2.32. The lowest BCUT2D eigenvalue weighted by Crippen LogP contribution is -2.35. The zero-order chi connectivity index (χ0) is 21.1. The smallest absolute Gasteiger partial charge is 0.305 e. The number of nitrogens with one attached hydrogen (secondary N) is 2. The van der Waals surface area contributed by atoms with Crippen molar-refractivity contribution < 1.29 is 19.1 Å². The van der Waals surface area contributed by atoms with Gasteiger partial charge < -0.3 is 15.4 Å². The van der Waals surface area contributed by atoms with E-state index in [1.54, 1.807) is 0 Å². The topological polar surface area (TPSA) is 84.5 Å². The largest absolute Gasteiger partial charge is 0.469 e. The average molecular weight is 403 g/mol. The fourth-order valence-corrected chi connectivity index (χ4v) is 3.79. The predicted molar refractivity (Wildman–Crippen MR) is 112 cm³/mol. The van der Waals surface area contributed by atoms with E-state index in [1.165, 1.54) is 12.7 Å². The molecule has 0 radical (unpaired) electrons. The van der Waals surface area contributed by atoms with Crippen molar-refractivity contribution in [3.63, 3.8) is 0 Å². The molecule has 2 amide bonds. The van der Waals surface area contributed by atoms with E-state index >= 15 is 0 Å². The lowest BCUT2D eigenvalue weighted by molar-refractivity contribution is -0.140. The maximum absolute atomic E-state index is 12.4. The Morgan fingerprint density at radius 1 is 1.03 bits per heavy atom. The first-order valence-electron chi connectivity index (χ1n) is 10.6. The Bertz CT molecular complexity index is 681. The number of carbonyl (C=O) groups excluding carboxylic acids is 3. The molecule has 160 valence electrons. The Morgan fingerprint density at radius 2 is 1.76 bits per heavy atom. The summed E-state index contributed by atoms with van der Waals surface area (Å²) in [6, 6.07) is 8.18. The predicted octanol–water partition coefficient (Wildman–Crippen LogP) is 3.27. The van der Waals surface area contributed by atoms with Crippen LogP contribution in [0, 0.1) is 18.8 Å². The van der Waals surface area contributed by atoms with Crippen molar-refractivity contribution in [3.05, 3.63) is 35.4 Å². The fraction of sp³-hybridized carbons (Fsp3) is 0.609. The number of benzene rings is 1. The highest BCUT2D eigenvalue weighted by Crippen LogP contribution is 2.28. The van der Waals surface area contributed by atoms with Crippen LogP contribution in [0.1, 0.15) is 62.5 Å². The molecule has 0 atom stereocenters. The second-order valence-electron chi connectivity index (χ2n) is 8.01. The molecule has 1 aromatic rings. The van der Waals surface area contributed by atoms with E-state index < -0.39 is 0 Å². The number of esters is 1. The summed E-state index contributed by atoms with van der Waals surface area (Å²) >= 11 is 0. The highest BCUT2D eigenvalue weighted by molar-refractivity contribution is 5.78. The molecule has 0 aromatic heterocycles. The van der Waals surface area contributed by atoms with Crippen LogP contribution in [-0.4, -0.2) is 31.4 Å². The van der Waals surface area contributed by atoms with E-state index in [-0.39, 0.29) is 23.7 Å². The minimum atomic E-state index is -0.231. The van der Waals surface area contributed by atoms with Crippen molar-refractivity contribution in [1.82, 2.24) is 10.6 Å². The Morgan fingerprint density at radius 3 is 2.45 bits per heavy atom. The summed E-state index contributed by atoms with van der Waals surface area (Å²) in [6.45, 7) is 3.30. The normalized spacial score (nSPS) is 18.7. The standard InChI is InChI=1S/C23H34N2O4/c1-17-6-5-7-19(14-17)16-25-23(28)20-12-10-18(11-13-20)15-24-21(26)8-3-4-9-22(27)29-2/h5-7,14,18,20H,3-4,8-13,15-16H2,1-2H3,(H,24,26)(H,25,28). The van der Waals surface area contributed by atoms with Crippen LogP contribution in [0.25, 0.3) is 0 Å². The quantitative estimate of drug-likeness (QED) is 0.465. The number of methoxy groups -OCH3 is 1. The average Bonchev–Trinajstić information content (AvgIpc) is 2.73. The number of hydrogen-bond donors (Lipinski definition) is 2. The third kappa shape index (κ3) is 8.67. The van der Waals surface area contributed by atoms with Gasteiger partial charge in [-0.1, -0.05) is 29.8 Å². The number of unbranched alkanes of at least 4 members (excludes halogenated alkanes) is 1. The molecule has 1 aliphatic carbocycles. The van der Waals surface area contributed by atoms with Crippen LogP contribution in [0.3, 0.4) is 0 Å². The van der Waals surface area contributed by atoms with Gasteiger partial charge in [-0.3, -0.25) is 14.4 Å². The molecule has 1 aromatic carbocycles. The van der Waals surface area contributed by atoms with Crippen LogP contribution >= 0.6 is 0 Å². The van der Waals surface area contributed by atoms with Crippen molar-refractivity contribution in [1.29, 1.82) is 0 Å². The highest BCUT2D eigenvalue weighted by Gasteiger charge is 2.26. The van der Waals surface area contributed by atoms with E-state index in [1.807, 2.05) is 25.1 Å². The van der Waals surface area contributed by atoms with Crippen LogP contribution in [0.4, 0.5) is 0 Å². The fourth-order valence-electron chi connectivity index (χ4n) is 3.79. The SMILES string of the molecule is COC(=O)CCCCC(=O)NCC1CCC(C(=O)NCc2cccc(C)c2)CC1. The molecule has 0 unspecified atom stereocenters. The minimum Gasteiger partial charge on any atom is -0.469 e. The second-order valence-corrected chi connectivity index (χ2v) is 8.01. The monoisotopic (exact) mass is 402 g/mol. The third-order valence-electron chi connectivity index (χ3n) is 5.62. The molecular formula is C23H34N2O4. The van der Waals surface area contributed by atoms with Gasteiger partial charge in [0.25, 0.3) is 0 Å². The summed E-state index contributed by atoms with van der Waals surface area (Å²) < 4.78 is 4.58.